The predicted molar refractivity (Wildman–Crippen MR) is 88.7 cm³/mol. The van der Waals surface area contributed by atoms with Crippen molar-refractivity contribution < 1.29 is 19.1 Å². The summed E-state index contributed by atoms with van der Waals surface area (Å²) < 4.78 is 11.7. The van der Waals surface area contributed by atoms with E-state index in [-0.39, 0.29) is 12.5 Å². The largest absolute Gasteiger partial charge is 0.479 e. The zero-order valence-corrected chi connectivity index (χ0v) is 13.9. The molecule has 0 N–H and O–H groups in total. The number of fused-ring (bicyclic) bond motifs is 1. The maximum Gasteiger partial charge on any atom is 0.331 e. The lowest BCUT2D eigenvalue weighted by Gasteiger charge is -2.32. The zero-order valence-electron chi connectivity index (χ0n) is 12.4. The van der Waals surface area contributed by atoms with E-state index in [0.717, 1.165) is 4.47 Å². The molecule has 1 aliphatic heterocycles. The van der Waals surface area contributed by atoms with E-state index in [2.05, 4.69) is 15.9 Å². The number of amides is 1. The monoisotopic (exact) mass is 375 g/mol. The van der Waals surface area contributed by atoms with Crippen LogP contribution in [0.5, 0.6) is 11.5 Å². The van der Waals surface area contributed by atoms with E-state index in [0.29, 0.717) is 17.2 Å². The quantitative estimate of drug-likeness (QED) is 0.610. The molecular formula is C17H14BrNO4. The van der Waals surface area contributed by atoms with Crippen LogP contribution in [0.15, 0.2) is 53.0 Å². The Morgan fingerprint density at radius 3 is 2.65 bits per heavy atom. The summed E-state index contributed by atoms with van der Waals surface area (Å²) in [5.74, 6) is 0.234. The fourth-order valence-electron chi connectivity index (χ4n) is 2.32. The van der Waals surface area contributed by atoms with Crippen LogP contribution in [0.4, 0.5) is 5.69 Å². The Balaban J connectivity index is 1.77. The van der Waals surface area contributed by atoms with Gasteiger partial charge < -0.3 is 9.47 Å². The third kappa shape index (κ3) is 3.37. The fraction of sp³-hybridized carbons (Fsp3) is 0.176. The second-order valence-corrected chi connectivity index (χ2v) is 6.00. The van der Waals surface area contributed by atoms with Crippen molar-refractivity contribution in [2.45, 2.75) is 13.0 Å². The SMILES string of the molecule is CC1Oc2ccccc2N(CC(=O)Oc2ccc(Br)cc2)C1=O. The molecule has 3 rings (SSSR count). The van der Waals surface area contributed by atoms with E-state index in [1.165, 1.54) is 4.90 Å². The molecule has 0 bridgehead atoms. The minimum Gasteiger partial charge on any atom is -0.479 e. The van der Waals surface area contributed by atoms with Gasteiger partial charge in [0, 0.05) is 4.47 Å². The van der Waals surface area contributed by atoms with Gasteiger partial charge in [0.05, 0.1) is 5.69 Å². The molecule has 0 spiro atoms. The number of para-hydroxylation sites is 2. The van der Waals surface area contributed by atoms with Gasteiger partial charge in [-0.15, -0.1) is 0 Å². The number of benzene rings is 2. The average molecular weight is 376 g/mol. The van der Waals surface area contributed by atoms with Crippen molar-refractivity contribution in [2.24, 2.45) is 0 Å². The van der Waals surface area contributed by atoms with Crippen molar-refractivity contribution in [3.05, 3.63) is 53.0 Å². The summed E-state index contributed by atoms with van der Waals surface area (Å²) in [7, 11) is 0. The summed E-state index contributed by atoms with van der Waals surface area (Å²) in [5.41, 5.74) is 0.573. The highest BCUT2D eigenvalue weighted by molar-refractivity contribution is 9.10. The molecule has 6 heteroatoms. The second kappa shape index (κ2) is 6.42. The summed E-state index contributed by atoms with van der Waals surface area (Å²) in [5, 5.41) is 0. The minimum absolute atomic E-state index is 0.167. The Kier molecular flexibility index (Phi) is 4.34. The van der Waals surface area contributed by atoms with E-state index in [1.54, 1.807) is 49.4 Å². The molecule has 5 nitrogen and oxygen atoms in total. The summed E-state index contributed by atoms with van der Waals surface area (Å²) in [6.07, 6.45) is -0.634. The van der Waals surface area contributed by atoms with Crippen LogP contribution in [-0.2, 0) is 9.59 Å². The minimum atomic E-state index is -0.634. The van der Waals surface area contributed by atoms with E-state index < -0.39 is 12.1 Å². The van der Waals surface area contributed by atoms with Gasteiger partial charge in [0.1, 0.15) is 18.0 Å². The average Bonchev–Trinajstić information content (AvgIpc) is 2.54. The lowest BCUT2D eigenvalue weighted by atomic mass is 10.2. The molecule has 1 unspecified atom stereocenters. The first kappa shape index (κ1) is 15.6. The lowest BCUT2D eigenvalue weighted by molar-refractivity contribution is -0.135. The van der Waals surface area contributed by atoms with Crippen molar-refractivity contribution >= 4 is 33.5 Å². The van der Waals surface area contributed by atoms with Gasteiger partial charge in [-0.2, -0.15) is 0 Å². The van der Waals surface area contributed by atoms with Crippen LogP contribution < -0.4 is 14.4 Å². The molecule has 0 aliphatic carbocycles. The molecular weight excluding hydrogens is 362 g/mol. The predicted octanol–water partition coefficient (Wildman–Crippen LogP) is 3.17. The Morgan fingerprint density at radius 1 is 1.22 bits per heavy atom. The second-order valence-electron chi connectivity index (χ2n) is 5.08. The van der Waals surface area contributed by atoms with Crippen molar-refractivity contribution in [3.63, 3.8) is 0 Å². The number of carbonyl (C=O) groups excluding carboxylic acids is 2. The zero-order chi connectivity index (χ0) is 16.4. The highest BCUT2D eigenvalue weighted by Gasteiger charge is 2.32. The molecule has 2 aromatic rings. The normalized spacial score (nSPS) is 16.5. The third-order valence-corrected chi connectivity index (χ3v) is 3.93. The van der Waals surface area contributed by atoms with Crippen LogP contribution in [-0.4, -0.2) is 24.5 Å². The van der Waals surface area contributed by atoms with Gasteiger partial charge in [0.25, 0.3) is 5.91 Å². The number of carbonyl (C=O) groups is 2. The van der Waals surface area contributed by atoms with Crippen LogP contribution in [0, 0.1) is 0 Å². The van der Waals surface area contributed by atoms with Gasteiger partial charge in [0.15, 0.2) is 6.10 Å². The standard InChI is InChI=1S/C17H14BrNO4/c1-11-17(21)19(14-4-2-3-5-15(14)22-11)10-16(20)23-13-8-6-12(18)7-9-13/h2-9,11H,10H2,1H3. The number of halogens is 1. The maximum atomic E-state index is 12.3. The molecule has 0 aromatic heterocycles. The van der Waals surface area contributed by atoms with Gasteiger partial charge in [-0.05, 0) is 43.3 Å². The molecule has 1 aliphatic rings. The molecule has 0 saturated heterocycles. The van der Waals surface area contributed by atoms with E-state index in [9.17, 15) is 9.59 Å². The number of hydrogen-bond acceptors (Lipinski definition) is 4. The number of rotatable bonds is 3. The first-order chi connectivity index (χ1) is 11.0. The van der Waals surface area contributed by atoms with Gasteiger partial charge in [-0.1, -0.05) is 28.1 Å². The molecule has 1 atom stereocenters. The fourth-order valence-corrected chi connectivity index (χ4v) is 2.58. The molecule has 0 radical (unpaired) electrons. The number of esters is 1. The molecule has 0 saturated carbocycles. The summed E-state index contributed by atoms with van der Waals surface area (Å²) in [6, 6.07) is 14.0. The smallest absolute Gasteiger partial charge is 0.331 e. The topological polar surface area (TPSA) is 55.8 Å². The van der Waals surface area contributed by atoms with Crippen LogP contribution in [0.25, 0.3) is 0 Å². The van der Waals surface area contributed by atoms with Crippen LogP contribution in [0.3, 0.4) is 0 Å². The molecule has 2 aromatic carbocycles. The van der Waals surface area contributed by atoms with E-state index in [1.807, 2.05) is 6.07 Å². The highest BCUT2D eigenvalue weighted by Crippen LogP contribution is 2.33. The van der Waals surface area contributed by atoms with E-state index in [4.69, 9.17) is 9.47 Å². The Bertz CT molecular complexity index is 745. The Labute approximate surface area is 141 Å². The number of nitrogens with zero attached hydrogens (tertiary/aromatic N) is 1. The maximum absolute atomic E-state index is 12.3. The van der Waals surface area contributed by atoms with Crippen molar-refractivity contribution in [3.8, 4) is 11.5 Å². The van der Waals surface area contributed by atoms with E-state index >= 15 is 0 Å². The number of hydrogen-bond donors (Lipinski definition) is 0. The molecule has 23 heavy (non-hydrogen) atoms. The van der Waals surface area contributed by atoms with Gasteiger partial charge in [0.2, 0.25) is 0 Å². The van der Waals surface area contributed by atoms with Crippen molar-refractivity contribution in [1.82, 2.24) is 0 Å². The third-order valence-electron chi connectivity index (χ3n) is 3.41. The van der Waals surface area contributed by atoms with Gasteiger partial charge in [-0.25, -0.2) is 4.79 Å². The Morgan fingerprint density at radius 2 is 1.91 bits per heavy atom. The molecule has 1 heterocycles. The molecule has 118 valence electrons. The number of ether oxygens (including phenoxy) is 2. The first-order valence-electron chi connectivity index (χ1n) is 7.08. The summed E-state index contributed by atoms with van der Waals surface area (Å²) in [4.78, 5) is 25.9. The van der Waals surface area contributed by atoms with Crippen LogP contribution in [0.1, 0.15) is 6.92 Å². The van der Waals surface area contributed by atoms with Crippen LogP contribution in [0.2, 0.25) is 0 Å². The summed E-state index contributed by atoms with van der Waals surface area (Å²) >= 11 is 3.32. The summed E-state index contributed by atoms with van der Waals surface area (Å²) in [6.45, 7) is 1.49. The highest BCUT2D eigenvalue weighted by atomic mass is 79.9. The molecule has 1 amide bonds. The molecule has 0 fully saturated rings. The number of anilines is 1. The van der Waals surface area contributed by atoms with Crippen LogP contribution >= 0.6 is 15.9 Å². The first-order valence-corrected chi connectivity index (χ1v) is 7.87. The van der Waals surface area contributed by atoms with Gasteiger partial charge >= 0.3 is 5.97 Å². The van der Waals surface area contributed by atoms with Crippen molar-refractivity contribution in [2.75, 3.05) is 11.4 Å². The lowest BCUT2D eigenvalue weighted by Crippen LogP contribution is -2.47. The van der Waals surface area contributed by atoms with Crippen molar-refractivity contribution in [1.29, 1.82) is 0 Å². The Hall–Kier alpha value is -2.34. The van der Waals surface area contributed by atoms with Gasteiger partial charge in [-0.3, -0.25) is 9.69 Å².